The summed E-state index contributed by atoms with van der Waals surface area (Å²) in [5.74, 6) is 0. The maximum absolute atomic E-state index is 11.6. The Labute approximate surface area is 90.4 Å². The summed E-state index contributed by atoms with van der Waals surface area (Å²) in [4.78, 5) is 11.6. The molecule has 0 aliphatic heterocycles. The van der Waals surface area contributed by atoms with Crippen LogP contribution in [-0.2, 0) is 0 Å². The van der Waals surface area contributed by atoms with Crippen molar-refractivity contribution in [3.05, 3.63) is 0 Å². The molecule has 86 valence electrons. The second-order valence-corrected chi connectivity index (χ2v) is 4.87. The van der Waals surface area contributed by atoms with Gasteiger partial charge in [0, 0.05) is 6.04 Å². The first kappa shape index (κ1) is 10.7. The van der Waals surface area contributed by atoms with Crippen molar-refractivity contribution in [1.82, 2.24) is 10.6 Å². The number of hydrogen-bond acceptors (Lipinski definition) is 2. The van der Waals surface area contributed by atoms with Gasteiger partial charge in [-0.05, 0) is 25.7 Å². The summed E-state index contributed by atoms with van der Waals surface area (Å²) in [6.45, 7) is 0.0606. The van der Waals surface area contributed by atoms with Gasteiger partial charge in [-0.2, -0.15) is 0 Å². The van der Waals surface area contributed by atoms with E-state index in [1.54, 1.807) is 0 Å². The van der Waals surface area contributed by atoms with Gasteiger partial charge in [-0.15, -0.1) is 0 Å². The lowest BCUT2D eigenvalue weighted by Crippen LogP contribution is -2.49. The van der Waals surface area contributed by atoms with Gasteiger partial charge in [0.15, 0.2) is 0 Å². The van der Waals surface area contributed by atoms with Gasteiger partial charge in [0.1, 0.15) is 0 Å². The van der Waals surface area contributed by atoms with Crippen LogP contribution in [0.1, 0.15) is 44.9 Å². The molecule has 2 fully saturated rings. The Morgan fingerprint density at radius 3 is 2.47 bits per heavy atom. The molecular formula is C11H20N2O2. The summed E-state index contributed by atoms with van der Waals surface area (Å²) in [6, 6.07) is 0.238. The third-order valence-corrected chi connectivity index (χ3v) is 3.48. The first-order valence-electron chi connectivity index (χ1n) is 5.94. The van der Waals surface area contributed by atoms with E-state index in [1.165, 1.54) is 19.3 Å². The van der Waals surface area contributed by atoms with Crippen molar-refractivity contribution in [2.24, 2.45) is 0 Å². The van der Waals surface area contributed by atoms with Gasteiger partial charge in [-0.25, -0.2) is 4.79 Å². The number of urea groups is 1. The van der Waals surface area contributed by atoms with E-state index in [1.807, 2.05) is 0 Å². The van der Waals surface area contributed by atoms with Gasteiger partial charge in [0.2, 0.25) is 0 Å². The zero-order valence-corrected chi connectivity index (χ0v) is 9.09. The lowest BCUT2D eigenvalue weighted by molar-refractivity contribution is 0.204. The molecular weight excluding hydrogens is 192 g/mol. The van der Waals surface area contributed by atoms with Gasteiger partial charge in [-0.3, -0.25) is 0 Å². The predicted octanol–water partition coefficient (Wildman–Crippen LogP) is 1.14. The summed E-state index contributed by atoms with van der Waals surface area (Å²) >= 11 is 0. The highest BCUT2D eigenvalue weighted by atomic mass is 16.3. The molecule has 0 saturated heterocycles. The topological polar surface area (TPSA) is 61.4 Å². The summed E-state index contributed by atoms with van der Waals surface area (Å²) in [5.41, 5.74) is -0.293. The molecule has 2 aliphatic carbocycles. The van der Waals surface area contributed by atoms with E-state index in [2.05, 4.69) is 10.6 Å². The largest absolute Gasteiger partial charge is 0.394 e. The average molecular weight is 212 g/mol. The lowest BCUT2D eigenvalue weighted by Gasteiger charge is -2.24. The highest BCUT2D eigenvalue weighted by Crippen LogP contribution is 2.34. The fraction of sp³-hybridized carbons (Fsp3) is 0.909. The molecule has 2 rings (SSSR count). The highest BCUT2D eigenvalue weighted by Gasteiger charge is 2.43. The molecule has 0 bridgehead atoms. The third-order valence-electron chi connectivity index (χ3n) is 3.48. The summed E-state index contributed by atoms with van der Waals surface area (Å²) in [7, 11) is 0. The number of rotatable bonds is 3. The van der Waals surface area contributed by atoms with E-state index in [0.29, 0.717) is 6.04 Å². The number of nitrogens with one attached hydrogen (secondary N) is 2. The van der Waals surface area contributed by atoms with Crippen molar-refractivity contribution < 1.29 is 9.90 Å². The van der Waals surface area contributed by atoms with Crippen LogP contribution in [0.2, 0.25) is 0 Å². The van der Waals surface area contributed by atoms with Crippen LogP contribution in [0, 0.1) is 0 Å². The number of amides is 2. The van der Waals surface area contributed by atoms with Crippen molar-refractivity contribution in [2.75, 3.05) is 6.61 Å². The fourth-order valence-electron chi connectivity index (χ4n) is 2.18. The molecule has 0 atom stereocenters. The van der Waals surface area contributed by atoms with Crippen molar-refractivity contribution in [2.45, 2.75) is 56.5 Å². The van der Waals surface area contributed by atoms with E-state index in [0.717, 1.165) is 25.7 Å². The average Bonchev–Trinajstić information content (AvgIpc) is 3.00. The van der Waals surface area contributed by atoms with Crippen molar-refractivity contribution in [1.29, 1.82) is 0 Å². The molecule has 0 aromatic rings. The van der Waals surface area contributed by atoms with Crippen molar-refractivity contribution >= 4 is 6.03 Å². The molecule has 3 N–H and O–H groups in total. The maximum Gasteiger partial charge on any atom is 0.315 e. The first-order valence-corrected chi connectivity index (χ1v) is 5.94. The van der Waals surface area contributed by atoms with E-state index in [9.17, 15) is 4.79 Å². The number of carbonyl (C=O) groups excluding carboxylic acids is 1. The van der Waals surface area contributed by atoms with E-state index in [-0.39, 0.29) is 18.2 Å². The Kier molecular flexibility index (Phi) is 3.14. The van der Waals surface area contributed by atoms with Crippen LogP contribution in [-0.4, -0.2) is 29.3 Å². The second kappa shape index (κ2) is 4.39. The third kappa shape index (κ3) is 2.84. The van der Waals surface area contributed by atoms with Crippen LogP contribution >= 0.6 is 0 Å². The molecule has 0 unspecified atom stereocenters. The van der Waals surface area contributed by atoms with Gasteiger partial charge in [0.25, 0.3) is 0 Å². The maximum atomic E-state index is 11.6. The SMILES string of the molecule is O=C(NC1CCCCC1)NC1(CO)CC1. The normalized spacial score (nSPS) is 24.6. The molecule has 0 aromatic carbocycles. The van der Waals surface area contributed by atoms with Crippen LogP contribution in [0.15, 0.2) is 0 Å². The zero-order valence-electron chi connectivity index (χ0n) is 9.09. The first-order chi connectivity index (χ1) is 7.24. The van der Waals surface area contributed by atoms with Crippen LogP contribution in [0.5, 0.6) is 0 Å². The summed E-state index contributed by atoms with van der Waals surface area (Å²) in [6.07, 6.45) is 7.73. The molecule has 4 nitrogen and oxygen atoms in total. The predicted molar refractivity (Wildman–Crippen MR) is 57.6 cm³/mol. The zero-order chi connectivity index (χ0) is 10.7. The number of hydrogen-bond donors (Lipinski definition) is 3. The number of aliphatic hydroxyl groups excluding tert-OH is 1. The standard InChI is InChI=1S/C11H20N2O2/c14-8-11(6-7-11)13-10(15)12-9-4-2-1-3-5-9/h9,14H,1-8H2,(H2,12,13,15). The molecule has 15 heavy (non-hydrogen) atoms. The Balaban J connectivity index is 1.72. The van der Waals surface area contributed by atoms with E-state index in [4.69, 9.17) is 5.11 Å². The highest BCUT2D eigenvalue weighted by molar-refractivity contribution is 5.75. The second-order valence-electron chi connectivity index (χ2n) is 4.87. The van der Waals surface area contributed by atoms with Gasteiger partial charge >= 0.3 is 6.03 Å². The van der Waals surface area contributed by atoms with Gasteiger partial charge in [0.05, 0.1) is 12.1 Å². The number of carbonyl (C=O) groups is 1. The minimum absolute atomic E-state index is 0.0606. The van der Waals surface area contributed by atoms with Crippen LogP contribution in [0.25, 0.3) is 0 Å². The molecule has 2 saturated carbocycles. The van der Waals surface area contributed by atoms with Crippen LogP contribution in [0.4, 0.5) is 4.79 Å². The molecule has 2 aliphatic rings. The van der Waals surface area contributed by atoms with E-state index >= 15 is 0 Å². The lowest BCUT2D eigenvalue weighted by atomic mass is 9.96. The monoisotopic (exact) mass is 212 g/mol. The van der Waals surface area contributed by atoms with Gasteiger partial charge in [-0.1, -0.05) is 19.3 Å². The molecule has 0 radical (unpaired) electrons. The molecule has 2 amide bonds. The molecule has 0 heterocycles. The van der Waals surface area contributed by atoms with Crippen molar-refractivity contribution in [3.63, 3.8) is 0 Å². The van der Waals surface area contributed by atoms with Crippen LogP contribution in [0.3, 0.4) is 0 Å². The summed E-state index contributed by atoms with van der Waals surface area (Å²) in [5, 5.41) is 14.9. The minimum atomic E-state index is -0.293. The quantitative estimate of drug-likeness (QED) is 0.657. The van der Waals surface area contributed by atoms with Crippen molar-refractivity contribution in [3.8, 4) is 0 Å². The smallest absolute Gasteiger partial charge is 0.315 e. The Hall–Kier alpha value is -0.770. The number of aliphatic hydroxyl groups is 1. The Morgan fingerprint density at radius 2 is 1.93 bits per heavy atom. The Morgan fingerprint density at radius 1 is 1.27 bits per heavy atom. The van der Waals surface area contributed by atoms with Gasteiger partial charge < -0.3 is 15.7 Å². The minimum Gasteiger partial charge on any atom is -0.394 e. The van der Waals surface area contributed by atoms with E-state index < -0.39 is 0 Å². The fourth-order valence-corrected chi connectivity index (χ4v) is 2.18. The Bertz CT molecular complexity index is 233. The molecule has 0 spiro atoms. The molecule has 4 heteroatoms. The van der Waals surface area contributed by atoms with Crippen LogP contribution < -0.4 is 10.6 Å². The summed E-state index contributed by atoms with van der Waals surface area (Å²) < 4.78 is 0. The molecule has 0 aromatic heterocycles.